The van der Waals surface area contributed by atoms with Crippen molar-refractivity contribution in [2.24, 2.45) is 11.5 Å². The Morgan fingerprint density at radius 1 is 1.38 bits per heavy atom. The summed E-state index contributed by atoms with van der Waals surface area (Å²) in [7, 11) is 0. The minimum atomic E-state index is -1.38. The van der Waals surface area contributed by atoms with Gasteiger partial charge in [-0.05, 0) is 12.0 Å². The van der Waals surface area contributed by atoms with E-state index in [0.717, 1.165) is 5.56 Å². The molecule has 1 unspecified atom stereocenters. The SMILES string of the molecule is NCCN1CCOCC1(N[C@@H](Cc1ccccc1)C(=O)O)C(N)=O. The van der Waals surface area contributed by atoms with E-state index < -0.39 is 23.6 Å². The third-order valence-electron chi connectivity index (χ3n) is 4.16. The average Bonchev–Trinajstić information content (AvgIpc) is 2.57. The summed E-state index contributed by atoms with van der Waals surface area (Å²) in [6.07, 6.45) is 0.224. The molecule has 24 heavy (non-hydrogen) atoms. The summed E-state index contributed by atoms with van der Waals surface area (Å²) < 4.78 is 5.42. The lowest BCUT2D eigenvalue weighted by atomic mass is 10.0. The summed E-state index contributed by atoms with van der Waals surface area (Å²) in [5.74, 6) is -1.73. The molecule has 6 N–H and O–H groups in total. The molecule has 1 aliphatic heterocycles. The predicted octanol–water partition coefficient (Wildman–Crippen LogP) is -1.26. The Hall–Kier alpha value is -2.00. The van der Waals surface area contributed by atoms with Crippen LogP contribution in [0.15, 0.2) is 30.3 Å². The van der Waals surface area contributed by atoms with Gasteiger partial charge in [0.1, 0.15) is 6.04 Å². The quantitative estimate of drug-likeness (QED) is 0.466. The minimum absolute atomic E-state index is 0.0130. The number of amides is 1. The number of morpholine rings is 1. The number of nitrogens with two attached hydrogens (primary N) is 2. The van der Waals surface area contributed by atoms with Gasteiger partial charge in [-0.2, -0.15) is 0 Å². The topological polar surface area (TPSA) is 131 Å². The summed E-state index contributed by atoms with van der Waals surface area (Å²) in [5.41, 5.74) is 10.7. The Balaban J connectivity index is 2.25. The molecule has 2 rings (SSSR count). The smallest absolute Gasteiger partial charge is 0.321 e. The van der Waals surface area contributed by atoms with Gasteiger partial charge in [0.25, 0.3) is 5.91 Å². The first-order chi connectivity index (χ1) is 11.5. The lowest BCUT2D eigenvalue weighted by Crippen LogP contribution is -2.74. The molecule has 0 aromatic heterocycles. The van der Waals surface area contributed by atoms with Crippen LogP contribution in [0.2, 0.25) is 0 Å². The molecule has 132 valence electrons. The summed E-state index contributed by atoms with van der Waals surface area (Å²) in [5, 5.41) is 12.5. The van der Waals surface area contributed by atoms with E-state index >= 15 is 0 Å². The van der Waals surface area contributed by atoms with Crippen molar-refractivity contribution in [3.63, 3.8) is 0 Å². The Labute approximate surface area is 140 Å². The first-order valence-corrected chi connectivity index (χ1v) is 7.87. The van der Waals surface area contributed by atoms with Gasteiger partial charge in [-0.15, -0.1) is 0 Å². The highest BCUT2D eigenvalue weighted by atomic mass is 16.5. The molecule has 8 heteroatoms. The van der Waals surface area contributed by atoms with E-state index in [1.54, 1.807) is 4.90 Å². The molecule has 1 fully saturated rings. The van der Waals surface area contributed by atoms with E-state index in [-0.39, 0.29) is 13.0 Å². The Morgan fingerprint density at radius 3 is 2.67 bits per heavy atom. The first-order valence-electron chi connectivity index (χ1n) is 7.87. The van der Waals surface area contributed by atoms with E-state index in [2.05, 4.69) is 5.32 Å². The lowest BCUT2D eigenvalue weighted by molar-refractivity contribution is -0.153. The van der Waals surface area contributed by atoms with Crippen LogP contribution in [0.25, 0.3) is 0 Å². The van der Waals surface area contributed by atoms with Crippen molar-refractivity contribution in [1.82, 2.24) is 10.2 Å². The van der Waals surface area contributed by atoms with Crippen molar-refractivity contribution in [3.8, 4) is 0 Å². The lowest BCUT2D eigenvalue weighted by Gasteiger charge is -2.46. The number of nitrogens with zero attached hydrogens (tertiary/aromatic N) is 1. The molecule has 0 radical (unpaired) electrons. The molecule has 1 saturated heterocycles. The Bertz CT molecular complexity index is 566. The summed E-state index contributed by atoms with van der Waals surface area (Å²) in [6, 6.07) is 8.22. The van der Waals surface area contributed by atoms with Crippen molar-refractivity contribution in [3.05, 3.63) is 35.9 Å². The highest BCUT2D eigenvalue weighted by Crippen LogP contribution is 2.19. The highest BCUT2D eigenvalue weighted by molar-refractivity contribution is 5.86. The van der Waals surface area contributed by atoms with Crippen LogP contribution in [0.4, 0.5) is 0 Å². The van der Waals surface area contributed by atoms with E-state index in [1.165, 1.54) is 0 Å². The number of carboxylic acids is 1. The second-order valence-electron chi connectivity index (χ2n) is 5.78. The zero-order chi connectivity index (χ0) is 17.6. The van der Waals surface area contributed by atoms with Gasteiger partial charge in [-0.3, -0.25) is 19.8 Å². The second kappa shape index (κ2) is 8.20. The average molecular weight is 336 g/mol. The third-order valence-corrected chi connectivity index (χ3v) is 4.16. The second-order valence-corrected chi connectivity index (χ2v) is 5.78. The molecule has 0 bridgehead atoms. The molecular formula is C16H24N4O4. The molecule has 1 amide bonds. The number of carbonyl (C=O) groups excluding carboxylic acids is 1. The highest BCUT2D eigenvalue weighted by Gasteiger charge is 2.47. The number of rotatable bonds is 8. The molecule has 1 aromatic rings. The molecule has 0 saturated carbocycles. The third kappa shape index (κ3) is 4.09. The van der Waals surface area contributed by atoms with Gasteiger partial charge in [-0.1, -0.05) is 30.3 Å². The van der Waals surface area contributed by atoms with Crippen molar-refractivity contribution >= 4 is 11.9 Å². The van der Waals surface area contributed by atoms with Crippen LogP contribution in [0, 0.1) is 0 Å². The first kappa shape index (κ1) is 18.3. The number of primary amides is 1. The number of carboxylic acid groups (broad SMARTS) is 1. The van der Waals surface area contributed by atoms with Gasteiger partial charge >= 0.3 is 5.97 Å². The van der Waals surface area contributed by atoms with Crippen molar-refractivity contribution in [2.75, 3.05) is 32.8 Å². The number of carbonyl (C=O) groups is 2. The monoisotopic (exact) mass is 336 g/mol. The fourth-order valence-electron chi connectivity index (χ4n) is 2.90. The maximum atomic E-state index is 12.2. The van der Waals surface area contributed by atoms with E-state index in [1.807, 2.05) is 30.3 Å². The summed E-state index contributed by atoms with van der Waals surface area (Å²) in [4.78, 5) is 25.6. The number of aliphatic carboxylic acids is 1. The van der Waals surface area contributed by atoms with E-state index in [0.29, 0.717) is 26.2 Å². The normalized spacial score (nSPS) is 22.9. The van der Waals surface area contributed by atoms with Crippen LogP contribution in [0.1, 0.15) is 5.56 Å². The molecule has 1 heterocycles. The van der Waals surface area contributed by atoms with Gasteiger partial charge in [0, 0.05) is 19.6 Å². The van der Waals surface area contributed by atoms with Crippen molar-refractivity contribution in [1.29, 1.82) is 0 Å². The maximum absolute atomic E-state index is 12.2. The minimum Gasteiger partial charge on any atom is -0.480 e. The molecule has 0 aliphatic carbocycles. The van der Waals surface area contributed by atoms with Crippen molar-refractivity contribution < 1.29 is 19.4 Å². The van der Waals surface area contributed by atoms with Crippen LogP contribution >= 0.6 is 0 Å². The van der Waals surface area contributed by atoms with Gasteiger partial charge in [0.05, 0.1) is 13.2 Å². The number of ether oxygens (including phenoxy) is 1. The number of nitrogens with one attached hydrogen (secondary N) is 1. The molecule has 1 aliphatic rings. The summed E-state index contributed by atoms with van der Waals surface area (Å²) >= 11 is 0. The fraction of sp³-hybridized carbons (Fsp3) is 0.500. The van der Waals surface area contributed by atoms with Crippen LogP contribution in [-0.2, 0) is 20.7 Å². The Morgan fingerprint density at radius 2 is 2.08 bits per heavy atom. The molecule has 0 spiro atoms. The number of benzene rings is 1. The maximum Gasteiger partial charge on any atom is 0.321 e. The number of hydrogen-bond donors (Lipinski definition) is 4. The molecule has 1 aromatic carbocycles. The van der Waals surface area contributed by atoms with Gasteiger partial charge in [-0.25, -0.2) is 0 Å². The van der Waals surface area contributed by atoms with Crippen LogP contribution in [0.5, 0.6) is 0 Å². The van der Waals surface area contributed by atoms with Crippen LogP contribution in [-0.4, -0.2) is 66.4 Å². The molecular weight excluding hydrogens is 312 g/mol. The zero-order valence-electron chi connectivity index (χ0n) is 13.5. The fourth-order valence-corrected chi connectivity index (χ4v) is 2.90. The van der Waals surface area contributed by atoms with Crippen LogP contribution < -0.4 is 16.8 Å². The van der Waals surface area contributed by atoms with Gasteiger partial charge in [0.2, 0.25) is 0 Å². The van der Waals surface area contributed by atoms with Gasteiger partial charge < -0.3 is 21.3 Å². The van der Waals surface area contributed by atoms with Crippen molar-refractivity contribution in [2.45, 2.75) is 18.1 Å². The Kier molecular flexibility index (Phi) is 6.27. The standard InChI is InChI=1S/C16H24N4O4/c17-6-7-20-8-9-24-11-16(20,15(18)23)19-13(14(21)22)10-12-4-2-1-3-5-12/h1-5,13,19H,6-11,17H2,(H2,18,23)(H,21,22)/t13-,16?/m0/s1. The van der Waals surface area contributed by atoms with E-state index in [4.69, 9.17) is 16.2 Å². The number of hydrogen-bond acceptors (Lipinski definition) is 6. The van der Waals surface area contributed by atoms with Gasteiger partial charge in [0.15, 0.2) is 5.66 Å². The zero-order valence-corrected chi connectivity index (χ0v) is 13.5. The molecule has 8 nitrogen and oxygen atoms in total. The molecule has 2 atom stereocenters. The largest absolute Gasteiger partial charge is 0.480 e. The van der Waals surface area contributed by atoms with E-state index in [9.17, 15) is 14.7 Å². The van der Waals surface area contributed by atoms with Crippen LogP contribution in [0.3, 0.4) is 0 Å². The predicted molar refractivity (Wildman–Crippen MR) is 88.1 cm³/mol. The summed E-state index contributed by atoms with van der Waals surface area (Å²) in [6.45, 7) is 1.61.